The van der Waals surface area contributed by atoms with Gasteiger partial charge in [0.1, 0.15) is 0 Å². The maximum absolute atomic E-state index is 3.69. The molecule has 0 spiro atoms. The number of rotatable bonds is 6. The van der Waals surface area contributed by atoms with Crippen LogP contribution in [-0.4, -0.2) is 11.1 Å². The number of nitrogens with zero attached hydrogens (tertiary/aromatic N) is 2. The van der Waals surface area contributed by atoms with Gasteiger partial charge in [-0.25, -0.2) is 0 Å². The van der Waals surface area contributed by atoms with Crippen LogP contribution in [0, 0.1) is 5.41 Å². The van der Waals surface area contributed by atoms with Crippen molar-refractivity contribution in [3.8, 4) is 44.5 Å². The number of hydrogen-bond donors (Lipinski definition) is 0. The second-order valence-corrected chi connectivity index (χ2v) is 32.9. The lowest BCUT2D eigenvalue weighted by atomic mass is 9.58. The van der Waals surface area contributed by atoms with Gasteiger partial charge in [-0.1, -0.05) is 304 Å². The van der Waals surface area contributed by atoms with Crippen LogP contribution in [0.5, 0.6) is 0 Å². The van der Waals surface area contributed by atoms with E-state index in [9.17, 15) is 0 Å². The van der Waals surface area contributed by atoms with E-state index in [1.54, 1.807) is 11.1 Å². The molecule has 2 nitrogen and oxygen atoms in total. The zero-order valence-corrected chi connectivity index (χ0v) is 61.4. The van der Waals surface area contributed by atoms with E-state index in [1.165, 1.54) is 205 Å². The molecule has 2 aliphatic heterocycles. The number of fused-ring (bicyclic) bond motifs is 13. The van der Waals surface area contributed by atoms with Gasteiger partial charge in [0.25, 0.3) is 0 Å². The van der Waals surface area contributed by atoms with Crippen LogP contribution >= 0.6 is 31.9 Å². The molecular formula is C95H88Br2N2. The van der Waals surface area contributed by atoms with E-state index in [0.29, 0.717) is 10.8 Å². The molecule has 19 rings (SSSR count). The molecule has 0 bridgehead atoms. The third-order valence-electron chi connectivity index (χ3n) is 26.1. The van der Waals surface area contributed by atoms with Crippen molar-refractivity contribution in [3.63, 3.8) is 0 Å². The maximum Gasteiger partial charge on any atom is 0.0517 e. The predicted octanol–water partition coefficient (Wildman–Crippen LogP) is 27.7. The fourth-order valence-electron chi connectivity index (χ4n) is 20.5. The van der Waals surface area contributed by atoms with Crippen molar-refractivity contribution in [1.29, 1.82) is 0 Å². The highest BCUT2D eigenvalue weighted by atomic mass is 79.9. The van der Waals surface area contributed by atoms with Gasteiger partial charge in [-0.2, -0.15) is 0 Å². The van der Waals surface area contributed by atoms with E-state index in [0.717, 1.165) is 8.95 Å². The average Bonchev–Trinajstić information content (AvgIpc) is 1.56. The second kappa shape index (κ2) is 24.7. The Morgan fingerprint density at radius 1 is 0.273 bits per heavy atom. The van der Waals surface area contributed by atoms with E-state index < -0.39 is 0 Å². The van der Waals surface area contributed by atoms with Gasteiger partial charge in [0.05, 0.1) is 11.1 Å². The molecule has 0 saturated heterocycles. The summed E-state index contributed by atoms with van der Waals surface area (Å²) in [4.78, 5) is 5.47. The van der Waals surface area contributed by atoms with Crippen LogP contribution in [0.4, 0.5) is 22.7 Å². The van der Waals surface area contributed by atoms with Crippen LogP contribution in [0.2, 0.25) is 0 Å². The summed E-state index contributed by atoms with van der Waals surface area (Å²) in [5.41, 5.74) is 23.0. The molecule has 492 valence electrons. The SMILES string of the molecule is Brc1ccc2c(-c3ccccc3)c3cc(Br)ccc3c(-c3ccccc3)c2c1.CC12CCCCC1(C)N(c1ccc3c(-c4ccccc4)c4cc(N5c6ccccc6C6(C)CCCCC56C)ccc4c(-c4ccccc4)c3c1)c1ccccc12.CC12CCCCC1(C)c1ccccc1C2. The third-order valence-corrected chi connectivity index (χ3v) is 27.1. The molecule has 0 amide bonds. The highest BCUT2D eigenvalue weighted by Crippen LogP contribution is 2.64. The number of anilines is 4. The predicted molar refractivity (Wildman–Crippen MR) is 430 cm³/mol. The van der Waals surface area contributed by atoms with Gasteiger partial charge >= 0.3 is 0 Å². The zero-order valence-electron chi connectivity index (χ0n) is 58.2. The Hall–Kier alpha value is -8.54. The molecule has 4 aliphatic carbocycles. The van der Waals surface area contributed by atoms with Crippen LogP contribution in [0.15, 0.2) is 276 Å². The van der Waals surface area contributed by atoms with Gasteiger partial charge in [-0.15, -0.1) is 0 Å². The van der Waals surface area contributed by atoms with Crippen molar-refractivity contribution in [3.05, 3.63) is 298 Å². The van der Waals surface area contributed by atoms with Gasteiger partial charge in [-0.3, -0.25) is 0 Å². The monoisotopic (exact) mass is 1410 g/mol. The first kappa shape index (κ1) is 63.9. The average molecular weight is 1420 g/mol. The molecular weight excluding hydrogens is 1330 g/mol. The fraction of sp³-hybridized carbons (Fsp3) is 0.263. The molecule has 3 saturated carbocycles. The van der Waals surface area contributed by atoms with Gasteiger partial charge in [0, 0.05) is 42.5 Å². The van der Waals surface area contributed by atoms with Crippen molar-refractivity contribution in [1.82, 2.24) is 0 Å². The molecule has 0 N–H and O–H groups in total. The first-order valence-electron chi connectivity index (χ1n) is 36.6. The van der Waals surface area contributed by atoms with Gasteiger partial charge in [0.15, 0.2) is 0 Å². The molecule has 0 aromatic heterocycles. The summed E-state index contributed by atoms with van der Waals surface area (Å²) in [6, 6.07) is 99.4. The van der Waals surface area contributed by atoms with Crippen molar-refractivity contribution in [2.45, 2.75) is 152 Å². The van der Waals surface area contributed by atoms with Crippen molar-refractivity contribution < 1.29 is 0 Å². The number of hydrogen-bond acceptors (Lipinski definition) is 2. The second-order valence-electron chi connectivity index (χ2n) is 31.1. The van der Waals surface area contributed by atoms with Gasteiger partial charge in [-0.05, 0) is 240 Å². The Balaban J connectivity index is 0.000000140. The first-order valence-corrected chi connectivity index (χ1v) is 38.2. The van der Waals surface area contributed by atoms with Crippen molar-refractivity contribution in [2.24, 2.45) is 5.41 Å². The summed E-state index contributed by atoms with van der Waals surface area (Å²) in [5, 5.41) is 10.3. The molecule has 0 radical (unpaired) electrons. The summed E-state index contributed by atoms with van der Waals surface area (Å²) >= 11 is 7.38. The lowest BCUT2D eigenvalue weighted by molar-refractivity contribution is 0.110. The standard InChI is InChI=1S/C54H52N2.C26H16Br2.C15H20/c1-51-31-15-17-33-53(51,3)55(47-25-13-11-23-45(47)51)39-27-29-41-43(35-39)49(37-19-7-5-8-20-37)42-30-28-40(36-44(42)50(41)38-21-9-6-10-22-38)56-48-26-14-12-24-46(48)52(2)32-16-18-34-54(52,56)4;27-19-12-14-22-23(15-19)25(17-7-3-1-4-8-17)21-13-11-20(28)16-24(21)26(22)18-9-5-2-6-10-18;1-14-9-5-6-10-15(14,2)13-8-4-3-7-12(13)11-14/h5-14,19-30,35-36H,15-18,31-34H2,1-4H3;1-16H;3-4,7-8H,5-6,9-11H2,1-2H3. The topological polar surface area (TPSA) is 6.48 Å². The molecule has 6 aliphatic rings. The highest BCUT2D eigenvalue weighted by Gasteiger charge is 2.59. The lowest BCUT2D eigenvalue weighted by Gasteiger charge is -2.50. The Labute approximate surface area is 603 Å². The largest absolute Gasteiger partial charge is 0.334 e. The van der Waals surface area contributed by atoms with E-state index in [4.69, 9.17) is 0 Å². The summed E-state index contributed by atoms with van der Waals surface area (Å²) in [6.45, 7) is 15.2. The molecule has 6 unspecified atom stereocenters. The Morgan fingerprint density at radius 3 is 0.990 bits per heavy atom. The summed E-state index contributed by atoms with van der Waals surface area (Å²) in [6.07, 6.45) is 16.9. The molecule has 2 heterocycles. The first-order chi connectivity index (χ1) is 48.1. The van der Waals surface area contributed by atoms with Crippen LogP contribution in [0.3, 0.4) is 0 Å². The Morgan fingerprint density at radius 2 is 0.586 bits per heavy atom. The van der Waals surface area contributed by atoms with Gasteiger partial charge < -0.3 is 9.80 Å². The maximum atomic E-state index is 3.69. The van der Waals surface area contributed by atoms with Crippen molar-refractivity contribution in [2.75, 3.05) is 9.80 Å². The molecule has 13 aromatic carbocycles. The smallest absolute Gasteiger partial charge is 0.0517 e. The van der Waals surface area contributed by atoms with Gasteiger partial charge in [0.2, 0.25) is 0 Å². The van der Waals surface area contributed by atoms with Crippen LogP contribution in [0.25, 0.3) is 87.6 Å². The minimum atomic E-state index is -0.000713. The highest BCUT2D eigenvalue weighted by molar-refractivity contribution is 9.10. The molecule has 4 heteroatoms. The summed E-state index contributed by atoms with van der Waals surface area (Å²) < 4.78 is 2.18. The Bertz CT molecular complexity index is 4990. The molecule has 3 fully saturated rings. The minimum absolute atomic E-state index is 0.000713. The van der Waals surface area contributed by atoms with E-state index in [-0.39, 0.29) is 21.9 Å². The summed E-state index contributed by atoms with van der Waals surface area (Å²) in [7, 11) is 0. The normalized spacial score (nSPS) is 24.0. The third kappa shape index (κ3) is 10.0. The van der Waals surface area contributed by atoms with E-state index >= 15 is 0 Å². The molecule has 13 aromatic rings. The molecule has 6 atom stereocenters. The van der Waals surface area contributed by atoms with Crippen LogP contribution in [0.1, 0.15) is 141 Å². The van der Waals surface area contributed by atoms with E-state index in [1.807, 2.05) is 0 Å². The van der Waals surface area contributed by atoms with Crippen molar-refractivity contribution >= 4 is 97.7 Å². The summed E-state index contributed by atoms with van der Waals surface area (Å²) in [5.74, 6) is 0. The number of para-hydroxylation sites is 2. The fourth-order valence-corrected chi connectivity index (χ4v) is 21.2. The van der Waals surface area contributed by atoms with E-state index in [2.05, 4.69) is 350 Å². The minimum Gasteiger partial charge on any atom is -0.334 e. The van der Waals surface area contributed by atoms with Crippen LogP contribution < -0.4 is 9.80 Å². The quantitative estimate of drug-likeness (QED) is 0.153. The molecule has 99 heavy (non-hydrogen) atoms. The lowest BCUT2D eigenvalue weighted by Crippen LogP contribution is -2.54. The Kier molecular flexibility index (Phi) is 15.9. The number of halogens is 2. The number of benzene rings is 13. The van der Waals surface area contributed by atoms with Crippen LogP contribution in [-0.2, 0) is 22.7 Å². The zero-order chi connectivity index (χ0) is 67.5.